The molecule has 1 N–H and O–H groups in total. The summed E-state index contributed by atoms with van der Waals surface area (Å²) in [5, 5.41) is 4.86. The number of pyridine rings is 1. The van der Waals surface area contributed by atoms with Gasteiger partial charge < -0.3 is 10.2 Å². The molecule has 5 nitrogen and oxygen atoms in total. The van der Waals surface area contributed by atoms with Gasteiger partial charge in [-0.3, -0.25) is 14.7 Å². The molecule has 26 heavy (non-hydrogen) atoms. The molecule has 1 aromatic carbocycles. The van der Waals surface area contributed by atoms with Gasteiger partial charge in [0.15, 0.2) is 0 Å². The number of aromatic nitrogens is 1. The summed E-state index contributed by atoms with van der Waals surface area (Å²) in [7, 11) is 0. The van der Waals surface area contributed by atoms with E-state index in [0.29, 0.717) is 24.5 Å². The second-order valence-electron chi connectivity index (χ2n) is 7.83. The molecule has 0 aliphatic carbocycles. The number of amides is 1. The summed E-state index contributed by atoms with van der Waals surface area (Å²) in [6.45, 7) is 7.62. The number of hydrogen-bond acceptors (Lipinski definition) is 4. The Bertz CT molecular complexity index is 806. The molecule has 2 atom stereocenters. The molecule has 0 saturated carbocycles. The van der Waals surface area contributed by atoms with Gasteiger partial charge in [0.2, 0.25) is 5.91 Å². The first-order chi connectivity index (χ1) is 12.6. The molecule has 2 aromatic rings. The summed E-state index contributed by atoms with van der Waals surface area (Å²) in [6, 6.07) is 9.21. The fraction of sp³-hybridized carbons (Fsp3) is 0.524. The maximum atomic E-state index is 12.5. The number of carbonyl (C=O) groups is 1. The van der Waals surface area contributed by atoms with Gasteiger partial charge in [0.05, 0.1) is 12.1 Å². The Kier molecular flexibility index (Phi) is 4.81. The number of nitrogens with one attached hydrogen (secondary N) is 1. The zero-order valence-corrected chi connectivity index (χ0v) is 15.7. The van der Waals surface area contributed by atoms with Crippen LogP contribution in [0.4, 0.5) is 5.69 Å². The van der Waals surface area contributed by atoms with E-state index in [4.69, 9.17) is 0 Å². The summed E-state index contributed by atoms with van der Waals surface area (Å²) in [4.78, 5) is 21.4. The van der Waals surface area contributed by atoms with Crippen molar-refractivity contribution in [1.82, 2.24) is 14.8 Å². The molecule has 0 spiro atoms. The van der Waals surface area contributed by atoms with Crippen LogP contribution in [0.25, 0.3) is 10.9 Å². The molecule has 3 heterocycles. The Hall–Kier alpha value is -2.14. The number of anilines is 1. The fourth-order valence-electron chi connectivity index (χ4n) is 4.28. The van der Waals surface area contributed by atoms with Crippen LogP contribution < -0.4 is 5.32 Å². The highest BCUT2D eigenvalue weighted by Gasteiger charge is 2.29. The van der Waals surface area contributed by atoms with E-state index in [1.54, 1.807) is 0 Å². The Labute approximate surface area is 155 Å². The Morgan fingerprint density at radius 3 is 3.00 bits per heavy atom. The third-order valence-electron chi connectivity index (χ3n) is 5.73. The number of nitrogens with zero attached hydrogens (tertiary/aromatic N) is 3. The number of hydrogen-bond donors (Lipinski definition) is 1. The first kappa shape index (κ1) is 17.3. The molecule has 1 aromatic heterocycles. The van der Waals surface area contributed by atoms with Crippen LogP contribution in [0.2, 0.25) is 0 Å². The first-order valence-corrected chi connectivity index (χ1v) is 9.74. The highest BCUT2D eigenvalue weighted by atomic mass is 16.2. The maximum absolute atomic E-state index is 12.5. The van der Waals surface area contributed by atoms with Crippen molar-refractivity contribution in [3.05, 3.63) is 36.0 Å². The largest absolute Gasteiger partial charge is 0.380 e. The van der Waals surface area contributed by atoms with Crippen molar-refractivity contribution in [2.75, 3.05) is 31.5 Å². The van der Waals surface area contributed by atoms with E-state index in [9.17, 15) is 4.79 Å². The van der Waals surface area contributed by atoms with Crippen molar-refractivity contribution in [1.29, 1.82) is 0 Å². The number of aryl methyl sites for hydroxylation is 1. The van der Waals surface area contributed by atoms with E-state index >= 15 is 0 Å². The summed E-state index contributed by atoms with van der Waals surface area (Å²) in [5.41, 5.74) is 3.34. The second-order valence-corrected chi connectivity index (χ2v) is 7.83. The van der Waals surface area contributed by atoms with E-state index in [0.717, 1.165) is 50.1 Å². The maximum Gasteiger partial charge on any atom is 0.236 e. The smallest absolute Gasteiger partial charge is 0.236 e. The van der Waals surface area contributed by atoms with Crippen molar-refractivity contribution >= 4 is 22.5 Å². The van der Waals surface area contributed by atoms with Gasteiger partial charge in [-0.15, -0.1) is 0 Å². The SMILES string of the molecule is Cc1cnc2cccc(N[C@@H]3CCN(CC(=O)N4CCC[C@H]4C)C3)c2c1. The van der Waals surface area contributed by atoms with Gasteiger partial charge in [-0.1, -0.05) is 6.07 Å². The van der Waals surface area contributed by atoms with E-state index < -0.39 is 0 Å². The van der Waals surface area contributed by atoms with Crippen LogP contribution in [0.15, 0.2) is 30.5 Å². The standard InChI is InChI=1S/C21H28N4O/c1-15-11-18-19(22-12-15)6-3-7-20(18)23-17-8-10-24(13-17)14-21(26)25-9-4-5-16(25)2/h3,6-7,11-12,16-17,23H,4-5,8-10,13-14H2,1-2H3/t16-,17-/m1/s1. The molecule has 2 aliphatic heterocycles. The average Bonchev–Trinajstić information content (AvgIpc) is 3.24. The zero-order chi connectivity index (χ0) is 18.1. The molecule has 2 saturated heterocycles. The summed E-state index contributed by atoms with van der Waals surface area (Å²) >= 11 is 0. The van der Waals surface area contributed by atoms with Crippen LogP contribution in [0.1, 0.15) is 31.7 Å². The number of benzene rings is 1. The predicted octanol–water partition coefficient (Wildman–Crippen LogP) is 3.04. The van der Waals surface area contributed by atoms with Crippen molar-refractivity contribution < 1.29 is 4.79 Å². The molecular formula is C21H28N4O. The minimum absolute atomic E-state index is 0.292. The molecule has 138 valence electrons. The number of carbonyl (C=O) groups excluding carboxylic acids is 1. The van der Waals surface area contributed by atoms with Crippen molar-refractivity contribution in [3.8, 4) is 0 Å². The lowest BCUT2D eigenvalue weighted by atomic mass is 10.1. The molecular weight excluding hydrogens is 324 g/mol. The van der Waals surface area contributed by atoms with Gasteiger partial charge in [0.25, 0.3) is 0 Å². The minimum atomic E-state index is 0.292. The van der Waals surface area contributed by atoms with E-state index in [1.165, 1.54) is 10.9 Å². The van der Waals surface area contributed by atoms with Crippen LogP contribution in [0.3, 0.4) is 0 Å². The van der Waals surface area contributed by atoms with Gasteiger partial charge >= 0.3 is 0 Å². The number of rotatable bonds is 4. The molecule has 2 aliphatic rings. The molecule has 0 unspecified atom stereocenters. The molecule has 0 bridgehead atoms. The Morgan fingerprint density at radius 1 is 1.31 bits per heavy atom. The number of likely N-dealkylation sites (tertiary alicyclic amines) is 2. The van der Waals surface area contributed by atoms with Crippen LogP contribution in [0.5, 0.6) is 0 Å². The quantitative estimate of drug-likeness (QED) is 0.919. The monoisotopic (exact) mass is 352 g/mol. The van der Waals surface area contributed by atoms with Gasteiger partial charge in [0.1, 0.15) is 0 Å². The fourth-order valence-corrected chi connectivity index (χ4v) is 4.28. The van der Waals surface area contributed by atoms with Gasteiger partial charge in [-0.25, -0.2) is 0 Å². The molecule has 4 rings (SSSR count). The molecule has 2 fully saturated rings. The predicted molar refractivity (Wildman–Crippen MR) is 105 cm³/mol. The summed E-state index contributed by atoms with van der Waals surface area (Å²) in [6.07, 6.45) is 5.27. The lowest BCUT2D eigenvalue weighted by Gasteiger charge is -2.25. The summed E-state index contributed by atoms with van der Waals surface area (Å²) < 4.78 is 0. The molecule has 5 heteroatoms. The third kappa shape index (κ3) is 3.54. The van der Waals surface area contributed by atoms with Crippen LogP contribution >= 0.6 is 0 Å². The average molecular weight is 352 g/mol. The van der Waals surface area contributed by atoms with E-state index in [1.807, 2.05) is 6.20 Å². The molecule has 0 radical (unpaired) electrons. The van der Waals surface area contributed by atoms with Crippen molar-refractivity contribution in [2.45, 2.75) is 45.2 Å². The van der Waals surface area contributed by atoms with Gasteiger partial charge in [-0.2, -0.15) is 0 Å². The highest BCUT2D eigenvalue weighted by molar-refractivity contribution is 5.91. The Balaban J connectivity index is 1.39. The lowest BCUT2D eigenvalue weighted by Crippen LogP contribution is -2.41. The lowest BCUT2D eigenvalue weighted by molar-refractivity contribution is -0.132. The van der Waals surface area contributed by atoms with Crippen LogP contribution in [-0.4, -0.2) is 59.0 Å². The zero-order valence-electron chi connectivity index (χ0n) is 15.7. The normalized spacial score (nSPS) is 23.7. The van der Waals surface area contributed by atoms with Crippen LogP contribution in [-0.2, 0) is 4.79 Å². The van der Waals surface area contributed by atoms with Crippen molar-refractivity contribution in [3.63, 3.8) is 0 Å². The highest BCUT2D eigenvalue weighted by Crippen LogP contribution is 2.25. The number of fused-ring (bicyclic) bond motifs is 1. The third-order valence-corrected chi connectivity index (χ3v) is 5.73. The van der Waals surface area contributed by atoms with Gasteiger partial charge in [0, 0.05) is 49.0 Å². The van der Waals surface area contributed by atoms with Gasteiger partial charge in [-0.05, 0) is 56.9 Å². The van der Waals surface area contributed by atoms with E-state index in [2.05, 4.69) is 58.2 Å². The first-order valence-electron chi connectivity index (χ1n) is 9.74. The summed E-state index contributed by atoms with van der Waals surface area (Å²) in [5.74, 6) is 0.292. The topological polar surface area (TPSA) is 48.5 Å². The van der Waals surface area contributed by atoms with Crippen LogP contribution in [0, 0.1) is 6.92 Å². The minimum Gasteiger partial charge on any atom is -0.380 e. The second kappa shape index (κ2) is 7.23. The van der Waals surface area contributed by atoms with E-state index in [-0.39, 0.29) is 0 Å². The van der Waals surface area contributed by atoms with Crippen molar-refractivity contribution in [2.24, 2.45) is 0 Å². The Morgan fingerprint density at radius 2 is 2.19 bits per heavy atom. The molecule has 1 amide bonds.